The van der Waals surface area contributed by atoms with Crippen molar-refractivity contribution in [2.24, 2.45) is 0 Å². The molecule has 0 aliphatic carbocycles. The molecule has 2 heterocycles. The zero-order valence-corrected chi connectivity index (χ0v) is 16.4. The van der Waals surface area contributed by atoms with Crippen molar-refractivity contribution in [2.45, 2.75) is 32.1 Å². The maximum atomic E-state index is 12.2. The van der Waals surface area contributed by atoms with Crippen molar-refractivity contribution in [1.29, 1.82) is 5.26 Å². The SMILES string of the molecule is CCc1cc2ccc(C(C)(C#N)Cc3nc(OC)cc(OC)n3)cc2[nH]c1=O. The molecule has 7 nitrogen and oxygen atoms in total. The third kappa shape index (κ3) is 3.67. The lowest BCUT2D eigenvalue weighted by atomic mass is 9.80. The maximum absolute atomic E-state index is 12.2. The van der Waals surface area contributed by atoms with Crippen molar-refractivity contribution in [2.75, 3.05) is 14.2 Å². The Morgan fingerprint density at radius 2 is 1.82 bits per heavy atom. The van der Waals surface area contributed by atoms with Crippen molar-refractivity contribution in [3.8, 4) is 17.8 Å². The summed E-state index contributed by atoms with van der Waals surface area (Å²) >= 11 is 0. The number of nitrogens with one attached hydrogen (secondary N) is 1. The van der Waals surface area contributed by atoms with Gasteiger partial charge in [-0.3, -0.25) is 4.79 Å². The lowest BCUT2D eigenvalue weighted by Crippen LogP contribution is -2.24. The quantitative estimate of drug-likeness (QED) is 0.708. The summed E-state index contributed by atoms with van der Waals surface area (Å²) in [6.07, 6.45) is 0.928. The number of fused-ring (bicyclic) bond motifs is 1. The summed E-state index contributed by atoms with van der Waals surface area (Å²) in [5, 5.41) is 10.9. The molecule has 0 saturated heterocycles. The maximum Gasteiger partial charge on any atom is 0.251 e. The molecule has 0 aliphatic heterocycles. The summed E-state index contributed by atoms with van der Waals surface area (Å²) in [7, 11) is 3.03. The minimum Gasteiger partial charge on any atom is -0.481 e. The van der Waals surface area contributed by atoms with E-state index >= 15 is 0 Å². The van der Waals surface area contributed by atoms with Gasteiger partial charge in [-0.1, -0.05) is 19.1 Å². The van der Waals surface area contributed by atoms with Crippen LogP contribution in [0.15, 0.2) is 35.1 Å². The van der Waals surface area contributed by atoms with E-state index in [1.54, 1.807) is 6.07 Å². The third-order valence-electron chi connectivity index (χ3n) is 4.84. The van der Waals surface area contributed by atoms with Gasteiger partial charge in [0.05, 0.1) is 31.8 Å². The number of nitriles is 1. The van der Waals surface area contributed by atoms with E-state index in [-0.39, 0.29) is 12.0 Å². The summed E-state index contributed by atoms with van der Waals surface area (Å²) in [6.45, 7) is 3.77. The average Bonchev–Trinajstić information content (AvgIpc) is 2.72. The van der Waals surface area contributed by atoms with E-state index in [2.05, 4.69) is 21.0 Å². The zero-order valence-electron chi connectivity index (χ0n) is 16.4. The molecule has 3 rings (SSSR count). The number of ether oxygens (including phenoxy) is 2. The van der Waals surface area contributed by atoms with Crippen molar-refractivity contribution in [3.63, 3.8) is 0 Å². The Morgan fingerprint density at radius 1 is 1.14 bits per heavy atom. The van der Waals surface area contributed by atoms with Crippen LogP contribution in [0.5, 0.6) is 11.8 Å². The first kappa shape index (κ1) is 19.4. The second-order valence-corrected chi connectivity index (χ2v) is 6.77. The molecule has 0 aliphatic rings. The van der Waals surface area contributed by atoms with Crippen LogP contribution >= 0.6 is 0 Å². The minimum atomic E-state index is -0.897. The standard InChI is InChI=1S/C21H22N4O3/c1-5-13-8-14-6-7-15(9-16(14)23-20(13)26)21(2,12-22)11-17-24-18(27-3)10-19(25-17)28-4/h6-10H,5,11H2,1-4H3,(H,23,26). The molecule has 7 heteroatoms. The molecular weight excluding hydrogens is 356 g/mol. The number of pyridine rings is 1. The molecule has 1 aromatic carbocycles. The van der Waals surface area contributed by atoms with Gasteiger partial charge >= 0.3 is 0 Å². The molecular formula is C21H22N4O3. The van der Waals surface area contributed by atoms with Gasteiger partial charge in [-0.05, 0) is 36.4 Å². The van der Waals surface area contributed by atoms with Crippen LogP contribution in [0.4, 0.5) is 0 Å². The fourth-order valence-corrected chi connectivity index (χ4v) is 3.11. The highest BCUT2D eigenvalue weighted by molar-refractivity contribution is 5.80. The predicted molar refractivity (Wildman–Crippen MR) is 106 cm³/mol. The van der Waals surface area contributed by atoms with E-state index in [4.69, 9.17) is 9.47 Å². The monoisotopic (exact) mass is 378 g/mol. The van der Waals surface area contributed by atoms with E-state index in [0.29, 0.717) is 29.5 Å². The molecule has 1 N–H and O–H groups in total. The Hall–Kier alpha value is -3.40. The number of benzene rings is 1. The van der Waals surface area contributed by atoms with Crippen molar-refractivity contribution < 1.29 is 9.47 Å². The number of aryl methyl sites for hydroxylation is 1. The van der Waals surface area contributed by atoms with Gasteiger partial charge in [-0.15, -0.1) is 0 Å². The molecule has 0 spiro atoms. The molecule has 1 unspecified atom stereocenters. The van der Waals surface area contributed by atoms with Gasteiger partial charge < -0.3 is 14.5 Å². The van der Waals surface area contributed by atoms with Crippen LogP contribution < -0.4 is 15.0 Å². The van der Waals surface area contributed by atoms with E-state index in [1.165, 1.54) is 14.2 Å². The van der Waals surface area contributed by atoms with Crippen molar-refractivity contribution in [1.82, 2.24) is 15.0 Å². The first-order valence-corrected chi connectivity index (χ1v) is 8.96. The lowest BCUT2D eigenvalue weighted by molar-refractivity contribution is 0.366. The molecule has 0 radical (unpaired) electrons. The van der Waals surface area contributed by atoms with E-state index in [1.807, 2.05) is 38.1 Å². The lowest BCUT2D eigenvalue weighted by Gasteiger charge is -2.22. The number of methoxy groups -OCH3 is 2. The Balaban J connectivity index is 2.04. The van der Waals surface area contributed by atoms with Crippen LogP contribution in [-0.4, -0.2) is 29.2 Å². The Labute approximate surface area is 163 Å². The van der Waals surface area contributed by atoms with Gasteiger partial charge in [0, 0.05) is 17.5 Å². The number of hydrogen-bond donors (Lipinski definition) is 1. The Kier molecular flexibility index (Phi) is 5.32. The second-order valence-electron chi connectivity index (χ2n) is 6.77. The molecule has 0 saturated carbocycles. The van der Waals surface area contributed by atoms with Crippen LogP contribution in [0.3, 0.4) is 0 Å². The van der Waals surface area contributed by atoms with Gasteiger partial charge in [0.1, 0.15) is 5.82 Å². The van der Waals surface area contributed by atoms with Crippen LogP contribution in [0.1, 0.15) is 30.8 Å². The molecule has 3 aromatic rings. The Bertz CT molecular complexity index is 1090. The number of aromatic nitrogens is 3. The number of hydrogen-bond acceptors (Lipinski definition) is 6. The summed E-state index contributed by atoms with van der Waals surface area (Å²) in [6, 6.07) is 11.5. The highest BCUT2D eigenvalue weighted by atomic mass is 16.5. The van der Waals surface area contributed by atoms with Gasteiger partial charge in [0.15, 0.2) is 0 Å². The number of aromatic amines is 1. The summed E-state index contributed by atoms with van der Waals surface area (Å²) < 4.78 is 10.4. The van der Waals surface area contributed by atoms with Gasteiger partial charge in [-0.2, -0.15) is 15.2 Å². The largest absolute Gasteiger partial charge is 0.481 e. The highest BCUT2D eigenvalue weighted by Crippen LogP contribution is 2.30. The topological polar surface area (TPSA) is 101 Å². The summed E-state index contributed by atoms with van der Waals surface area (Å²) in [5.41, 5.74) is 1.20. The van der Waals surface area contributed by atoms with Gasteiger partial charge in [0.2, 0.25) is 11.8 Å². The normalized spacial score (nSPS) is 13.0. The first-order valence-electron chi connectivity index (χ1n) is 8.96. The van der Waals surface area contributed by atoms with Crippen molar-refractivity contribution in [3.05, 3.63) is 57.6 Å². The van der Waals surface area contributed by atoms with E-state index in [0.717, 1.165) is 16.5 Å². The van der Waals surface area contributed by atoms with Gasteiger partial charge in [-0.25, -0.2) is 0 Å². The first-order chi connectivity index (χ1) is 13.4. The summed E-state index contributed by atoms with van der Waals surface area (Å²) in [4.78, 5) is 23.7. The predicted octanol–water partition coefficient (Wildman–Crippen LogP) is 2.92. The fraction of sp³-hybridized carbons (Fsp3) is 0.333. The molecule has 28 heavy (non-hydrogen) atoms. The molecule has 0 amide bonds. The zero-order chi connectivity index (χ0) is 20.3. The van der Waals surface area contributed by atoms with Gasteiger partial charge in [0.25, 0.3) is 5.56 Å². The van der Waals surface area contributed by atoms with Crippen LogP contribution in [-0.2, 0) is 18.3 Å². The fourth-order valence-electron chi connectivity index (χ4n) is 3.11. The molecule has 144 valence electrons. The van der Waals surface area contributed by atoms with Crippen LogP contribution in [0.25, 0.3) is 10.9 Å². The van der Waals surface area contributed by atoms with Crippen LogP contribution in [0.2, 0.25) is 0 Å². The molecule has 1 atom stereocenters. The van der Waals surface area contributed by atoms with Crippen LogP contribution in [0, 0.1) is 11.3 Å². The number of H-pyrrole nitrogens is 1. The summed E-state index contributed by atoms with van der Waals surface area (Å²) in [5.74, 6) is 1.18. The number of rotatable bonds is 6. The minimum absolute atomic E-state index is 0.105. The second kappa shape index (κ2) is 7.69. The molecule has 2 aromatic heterocycles. The number of nitrogens with zero attached hydrogens (tertiary/aromatic N) is 3. The average molecular weight is 378 g/mol. The van der Waals surface area contributed by atoms with E-state index < -0.39 is 5.41 Å². The third-order valence-corrected chi connectivity index (χ3v) is 4.84. The van der Waals surface area contributed by atoms with Crippen molar-refractivity contribution >= 4 is 10.9 Å². The Morgan fingerprint density at radius 3 is 2.39 bits per heavy atom. The smallest absolute Gasteiger partial charge is 0.251 e. The molecule has 0 bridgehead atoms. The van der Waals surface area contributed by atoms with E-state index in [9.17, 15) is 10.1 Å². The highest BCUT2D eigenvalue weighted by Gasteiger charge is 2.29. The molecule has 0 fully saturated rings.